The summed E-state index contributed by atoms with van der Waals surface area (Å²) in [6.45, 7) is 0.498. The molecule has 0 saturated carbocycles. The number of fused-ring (bicyclic) bond motifs is 5. The maximum atomic E-state index is 13.8. The summed E-state index contributed by atoms with van der Waals surface area (Å²) in [5, 5.41) is 12.4. The number of hydrogen-bond acceptors (Lipinski definition) is 3. The third-order valence-electron chi connectivity index (χ3n) is 7.36. The van der Waals surface area contributed by atoms with Crippen LogP contribution in [0, 0.1) is 0 Å². The number of rotatable bonds is 2. The van der Waals surface area contributed by atoms with Gasteiger partial charge in [0.15, 0.2) is 5.78 Å². The SMILES string of the molecule is O=C1CCc2cc3c(cc21)C=C(C(=O)N1C[C@@H](CCl)c2c1cc(O)c1ccccc21)CCC3. The van der Waals surface area contributed by atoms with Crippen LogP contribution in [0.3, 0.4) is 0 Å². The van der Waals surface area contributed by atoms with Crippen molar-refractivity contribution in [2.24, 2.45) is 0 Å². The monoisotopic (exact) mass is 457 g/mol. The smallest absolute Gasteiger partial charge is 0.254 e. The Bertz CT molecular complexity index is 1370. The second-order valence-corrected chi connectivity index (χ2v) is 9.60. The number of amides is 1. The van der Waals surface area contributed by atoms with Crippen LogP contribution in [0.15, 0.2) is 48.0 Å². The molecule has 0 unspecified atom stereocenters. The Morgan fingerprint density at radius 3 is 2.67 bits per heavy atom. The lowest BCUT2D eigenvalue weighted by atomic mass is 9.95. The maximum absolute atomic E-state index is 13.8. The first kappa shape index (κ1) is 20.5. The van der Waals surface area contributed by atoms with Gasteiger partial charge in [-0.25, -0.2) is 0 Å². The van der Waals surface area contributed by atoms with Gasteiger partial charge in [-0.2, -0.15) is 0 Å². The average molecular weight is 458 g/mol. The number of phenols is 1. The van der Waals surface area contributed by atoms with Crippen molar-refractivity contribution in [3.63, 3.8) is 0 Å². The number of nitrogens with zero attached hydrogens (tertiary/aromatic N) is 1. The van der Waals surface area contributed by atoms with Crippen LogP contribution in [0.5, 0.6) is 5.75 Å². The first-order chi connectivity index (χ1) is 16.0. The lowest BCUT2D eigenvalue weighted by Crippen LogP contribution is -2.31. The number of alkyl halides is 1. The molecule has 1 heterocycles. The molecule has 33 heavy (non-hydrogen) atoms. The fourth-order valence-corrected chi connectivity index (χ4v) is 5.98. The minimum atomic E-state index is -0.0433. The highest BCUT2D eigenvalue weighted by Gasteiger charge is 2.35. The normalized spacial score (nSPS) is 19.2. The molecule has 0 bridgehead atoms. The van der Waals surface area contributed by atoms with Gasteiger partial charge in [0.25, 0.3) is 5.91 Å². The molecule has 1 N–H and O–H groups in total. The second-order valence-electron chi connectivity index (χ2n) is 9.30. The Morgan fingerprint density at radius 2 is 1.85 bits per heavy atom. The number of benzene rings is 3. The molecule has 166 valence electrons. The Balaban J connectivity index is 1.43. The van der Waals surface area contributed by atoms with Gasteiger partial charge in [-0.1, -0.05) is 30.3 Å². The fourth-order valence-electron chi connectivity index (χ4n) is 5.73. The predicted molar refractivity (Wildman–Crippen MR) is 131 cm³/mol. The number of carbonyl (C=O) groups excluding carboxylic acids is 2. The summed E-state index contributed by atoms with van der Waals surface area (Å²) < 4.78 is 0. The molecule has 3 aliphatic rings. The molecule has 0 aromatic heterocycles. The van der Waals surface area contributed by atoms with Crippen LogP contribution in [0.1, 0.15) is 57.8 Å². The second kappa shape index (κ2) is 7.74. The third kappa shape index (κ3) is 3.19. The number of aromatic hydroxyl groups is 1. The Hall–Kier alpha value is -3.11. The lowest BCUT2D eigenvalue weighted by Gasteiger charge is -2.20. The van der Waals surface area contributed by atoms with E-state index < -0.39 is 0 Å². The summed E-state index contributed by atoms with van der Waals surface area (Å²) in [7, 11) is 0. The van der Waals surface area contributed by atoms with Crippen LogP contribution >= 0.6 is 11.6 Å². The van der Waals surface area contributed by atoms with Gasteiger partial charge in [0, 0.05) is 47.4 Å². The van der Waals surface area contributed by atoms with Gasteiger partial charge in [0.05, 0.1) is 5.69 Å². The summed E-state index contributed by atoms with van der Waals surface area (Å²) in [5.74, 6) is 0.737. The van der Waals surface area contributed by atoms with Crippen molar-refractivity contribution in [3.05, 3.63) is 75.9 Å². The van der Waals surface area contributed by atoms with Crippen LogP contribution in [0.2, 0.25) is 0 Å². The molecule has 3 aromatic carbocycles. The summed E-state index contributed by atoms with van der Waals surface area (Å²) in [5.41, 5.74) is 6.68. The first-order valence-corrected chi connectivity index (χ1v) is 12.1. The molecular formula is C28H24ClNO3. The summed E-state index contributed by atoms with van der Waals surface area (Å²) >= 11 is 6.35. The highest BCUT2D eigenvalue weighted by atomic mass is 35.5. The van der Waals surface area contributed by atoms with Gasteiger partial charge in [-0.15, -0.1) is 11.6 Å². The van der Waals surface area contributed by atoms with Gasteiger partial charge in [0.1, 0.15) is 5.75 Å². The zero-order valence-electron chi connectivity index (χ0n) is 18.2. The Kier molecular flexibility index (Phi) is 4.81. The summed E-state index contributed by atoms with van der Waals surface area (Å²) in [6.07, 6.45) is 5.85. The van der Waals surface area contributed by atoms with Gasteiger partial charge in [-0.3, -0.25) is 9.59 Å². The van der Waals surface area contributed by atoms with E-state index in [4.69, 9.17) is 11.6 Å². The topological polar surface area (TPSA) is 57.6 Å². The van der Waals surface area contributed by atoms with Gasteiger partial charge in [-0.05, 0) is 65.5 Å². The molecule has 0 spiro atoms. The van der Waals surface area contributed by atoms with Crippen molar-refractivity contribution in [2.75, 3.05) is 17.3 Å². The number of halogens is 1. The molecule has 1 aliphatic heterocycles. The third-order valence-corrected chi connectivity index (χ3v) is 7.73. The van der Waals surface area contributed by atoms with Crippen LogP contribution in [-0.4, -0.2) is 29.2 Å². The minimum Gasteiger partial charge on any atom is -0.507 e. The summed E-state index contributed by atoms with van der Waals surface area (Å²) in [6, 6.07) is 13.6. The number of hydrogen-bond donors (Lipinski definition) is 1. The van der Waals surface area contributed by atoms with Crippen LogP contribution in [-0.2, 0) is 17.6 Å². The minimum absolute atomic E-state index is 0.00988. The van der Waals surface area contributed by atoms with E-state index >= 15 is 0 Å². The van der Waals surface area contributed by atoms with E-state index in [0.717, 1.165) is 63.5 Å². The maximum Gasteiger partial charge on any atom is 0.254 e. The molecule has 2 aliphatic carbocycles. The standard InChI is InChI=1S/C28H24ClNO3/c29-14-20-15-30(24-13-26(32)21-6-1-2-7-22(21)27(20)24)28(33)18-5-3-4-16-10-17-8-9-25(31)23(17)12-19(16)11-18/h1-2,6-7,10-13,20,32H,3-5,8-9,14-15H2/t20-/m1/s1. The lowest BCUT2D eigenvalue weighted by molar-refractivity contribution is -0.115. The molecule has 0 saturated heterocycles. The number of Topliss-reactive ketones (excluding diaryl/α,β-unsaturated/α-hetero) is 1. The largest absolute Gasteiger partial charge is 0.507 e. The first-order valence-electron chi connectivity index (χ1n) is 11.6. The van der Waals surface area contributed by atoms with Crippen molar-refractivity contribution in [1.29, 1.82) is 0 Å². The van der Waals surface area contributed by atoms with Crippen LogP contribution in [0.25, 0.3) is 16.8 Å². The Morgan fingerprint density at radius 1 is 1.03 bits per heavy atom. The molecule has 0 fully saturated rings. The molecule has 3 aromatic rings. The van der Waals surface area contributed by atoms with E-state index in [-0.39, 0.29) is 23.4 Å². The summed E-state index contributed by atoms with van der Waals surface area (Å²) in [4.78, 5) is 27.9. The van der Waals surface area contributed by atoms with Gasteiger partial charge in [0.2, 0.25) is 0 Å². The van der Waals surface area contributed by atoms with Crippen LogP contribution < -0.4 is 4.90 Å². The van der Waals surface area contributed by atoms with Crippen LogP contribution in [0.4, 0.5) is 5.69 Å². The molecule has 5 heteroatoms. The van der Waals surface area contributed by atoms with Crippen molar-refractivity contribution in [2.45, 2.75) is 38.0 Å². The highest BCUT2D eigenvalue weighted by Crippen LogP contribution is 2.46. The Labute approximate surface area is 197 Å². The quantitative estimate of drug-likeness (QED) is 0.497. The van der Waals surface area contributed by atoms with E-state index in [1.807, 2.05) is 36.4 Å². The number of carbonyl (C=O) groups is 2. The average Bonchev–Trinajstić information content (AvgIpc) is 3.29. The van der Waals surface area contributed by atoms with Crippen molar-refractivity contribution >= 4 is 45.8 Å². The van der Waals surface area contributed by atoms with E-state index in [0.29, 0.717) is 25.3 Å². The van der Waals surface area contributed by atoms with E-state index in [1.165, 1.54) is 5.56 Å². The van der Waals surface area contributed by atoms with E-state index in [1.54, 1.807) is 11.0 Å². The molecular weight excluding hydrogens is 434 g/mol. The number of phenolic OH excluding ortho intramolecular Hbond substituents is 1. The molecule has 1 atom stereocenters. The zero-order valence-corrected chi connectivity index (χ0v) is 19.0. The van der Waals surface area contributed by atoms with Crippen molar-refractivity contribution in [3.8, 4) is 5.75 Å². The van der Waals surface area contributed by atoms with Gasteiger partial charge < -0.3 is 10.0 Å². The van der Waals surface area contributed by atoms with Gasteiger partial charge >= 0.3 is 0 Å². The molecule has 0 radical (unpaired) electrons. The molecule has 6 rings (SSSR count). The number of anilines is 1. The van der Waals surface area contributed by atoms with E-state index in [9.17, 15) is 14.7 Å². The van der Waals surface area contributed by atoms with E-state index in [2.05, 4.69) is 6.07 Å². The highest BCUT2D eigenvalue weighted by molar-refractivity contribution is 6.19. The van der Waals surface area contributed by atoms with Crippen molar-refractivity contribution in [1.82, 2.24) is 0 Å². The predicted octanol–water partition coefficient (Wildman–Crippen LogP) is 5.76. The molecule has 4 nitrogen and oxygen atoms in total. The van der Waals surface area contributed by atoms with Crippen molar-refractivity contribution < 1.29 is 14.7 Å². The number of aryl methyl sites for hydroxylation is 2. The zero-order chi connectivity index (χ0) is 22.7. The number of ketones is 1. The fraction of sp³-hybridized carbons (Fsp3) is 0.286. The molecule has 1 amide bonds.